The van der Waals surface area contributed by atoms with E-state index in [1.165, 1.54) is 0 Å². The third-order valence-electron chi connectivity index (χ3n) is 3.72. The fourth-order valence-electron chi connectivity index (χ4n) is 2.62. The number of nitrogens with two attached hydrogens (primary N) is 1. The number of anilines is 1. The summed E-state index contributed by atoms with van der Waals surface area (Å²) in [5.74, 6) is 0.156. The lowest BCUT2D eigenvalue weighted by Gasteiger charge is -2.15. The number of nitriles is 1. The highest BCUT2D eigenvalue weighted by molar-refractivity contribution is 6.36. The second-order valence-electron chi connectivity index (χ2n) is 5.20. The standard InChI is InChI=1S/C18H12Cl2N4/c1-10-16(11-3-2-6-23-9-11)14(8-21)18(22)24-17(10)13-5-4-12(19)7-15(13)20/h2-7,9H,1H3,(H2,22,24). The van der Waals surface area contributed by atoms with Crippen molar-refractivity contribution >= 4 is 29.0 Å². The summed E-state index contributed by atoms with van der Waals surface area (Å²) in [5, 5.41) is 10.5. The summed E-state index contributed by atoms with van der Waals surface area (Å²) in [7, 11) is 0. The van der Waals surface area contributed by atoms with Crippen LogP contribution in [0, 0.1) is 18.3 Å². The van der Waals surface area contributed by atoms with Crippen molar-refractivity contribution in [1.29, 1.82) is 5.26 Å². The minimum absolute atomic E-state index is 0.156. The zero-order chi connectivity index (χ0) is 17.3. The summed E-state index contributed by atoms with van der Waals surface area (Å²) in [6.45, 7) is 1.88. The molecule has 118 valence electrons. The molecule has 0 atom stereocenters. The van der Waals surface area contributed by atoms with E-state index in [0.717, 1.165) is 11.1 Å². The van der Waals surface area contributed by atoms with Gasteiger partial charge in [-0.15, -0.1) is 0 Å². The Morgan fingerprint density at radius 1 is 1.21 bits per heavy atom. The lowest BCUT2D eigenvalue weighted by atomic mass is 9.93. The summed E-state index contributed by atoms with van der Waals surface area (Å²) < 4.78 is 0. The van der Waals surface area contributed by atoms with Gasteiger partial charge >= 0.3 is 0 Å². The molecule has 0 fully saturated rings. The summed E-state index contributed by atoms with van der Waals surface area (Å²) >= 11 is 12.3. The molecule has 3 rings (SSSR count). The fraction of sp³-hybridized carbons (Fsp3) is 0.0556. The predicted molar refractivity (Wildman–Crippen MR) is 96.8 cm³/mol. The first-order valence-corrected chi connectivity index (χ1v) is 7.84. The van der Waals surface area contributed by atoms with Crippen LogP contribution in [0.2, 0.25) is 10.0 Å². The van der Waals surface area contributed by atoms with Gasteiger partial charge in [-0.2, -0.15) is 5.26 Å². The van der Waals surface area contributed by atoms with E-state index in [1.54, 1.807) is 30.6 Å². The van der Waals surface area contributed by atoms with Gasteiger partial charge in [0.15, 0.2) is 0 Å². The number of halogens is 2. The van der Waals surface area contributed by atoms with Crippen molar-refractivity contribution in [3.63, 3.8) is 0 Å². The Morgan fingerprint density at radius 2 is 2.00 bits per heavy atom. The number of aromatic nitrogens is 2. The maximum Gasteiger partial charge on any atom is 0.142 e. The van der Waals surface area contributed by atoms with Crippen molar-refractivity contribution in [2.75, 3.05) is 5.73 Å². The van der Waals surface area contributed by atoms with Gasteiger partial charge in [-0.05, 0) is 36.8 Å². The lowest BCUT2D eigenvalue weighted by Crippen LogP contribution is -2.03. The average Bonchev–Trinajstić information content (AvgIpc) is 2.57. The summed E-state index contributed by atoms with van der Waals surface area (Å²) in [6.07, 6.45) is 3.36. The molecule has 2 heterocycles. The van der Waals surface area contributed by atoms with Crippen molar-refractivity contribution in [1.82, 2.24) is 9.97 Å². The Morgan fingerprint density at radius 3 is 2.62 bits per heavy atom. The SMILES string of the molecule is Cc1c(-c2ccc(Cl)cc2Cl)nc(N)c(C#N)c1-c1cccnc1. The number of nitrogen functional groups attached to an aromatic ring is 1. The van der Waals surface area contributed by atoms with E-state index in [0.29, 0.717) is 32.4 Å². The molecule has 4 nitrogen and oxygen atoms in total. The highest BCUT2D eigenvalue weighted by Crippen LogP contribution is 2.38. The molecular weight excluding hydrogens is 343 g/mol. The Hall–Kier alpha value is -2.61. The van der Waals surface area contributed by atoms with Crippen LogP contribution in [0.25, 0.3) is 22.4 Å². The first-order chi connectivity index (χ1) is 11.5. The number of nitrogens with zero attached hydrogens (tertiary/aromatic N) is 3. The largest absolute Gasteiger partial charge is 0.383 e. The van der Waals surface area contributed by atoms with Gasteiger partial charge in [0.05, 0.1) is 10.7 Å². The molecule has 0 aliphatic heterocycles. The molecule has 0 amide bonds. The van der Waals surface area contributed by atoms with Crippen LogP contribution >= 0.6 is 23.2 Å². The third kappa shape index (κ3) is 2.80. The van der Waals surface area contributed by atoms with Crippen molar-refractivity contribution < 1.29 is 0 Å². The second kappa shape index (κ2) is 6.48. The molecule has 0 aliphatic rings. The first kappa shape index (κ1) is 16.3. The Labute approximate surface area is 149 Å². The van der Waals surface area contributed by atoms with Crippen molar-refractivity contribution in [2.45, 2.75) is 6.92 Å². The highest BCUT2D eigenvalue weighted by Gasteiger charge is 2.19. The van der Waals surface area contributed by atoms with Crippen LogP contribution in [-0.2, 0) is 0 Å². The molecule has 1 aromatic carbocycles. The van der Waals surface area contributed by atoms with Gasteiger partial charge in [0.2, 0.25) is 0 Å². The van der Waals surface area contributed by atoms with Crippen LogP contribution in [0.5, 0.6) is 0 Å². The average molecular weight is 355 g/mol. The molecule has 0 bridgehead atoms. The molecule has 0 radical (unpaired) electrons. The van der Waals surface area contributed by atoms with E-state index in [1.807, 2.05) is 19.1 Å². The normalized spacial score (nSPS) is 10.4. The van der Waals surface area contributed by atoms with Crippen molar-refractivity contribution in [2.24, 2.45) is 0 Å². The molecule has 6 heteroatoms. The summed E-state index contributed by atoms with van der Waals surface area (Å²) in [5.41, 5.74) is 10.00. The number of pyridine rings is 2. The maximum atomic E-state index is 9.50. The monoisotopic (exact) mass is 354 g/mol. The van der Waals surface area contributed by atoms with E-state index < -0.39 is 0 Å². The van der Waals surface area contributed by atoms with Gasteiger partial charge in [0, 0.05) is 34.1 Å². The van der Waals surface area contributed by atoms with Gasteiger partial charge in [-0.3, -0.25) is 4.98 Å². The van der Waals surface area contributed by atoms with E-state index >= 15 is 0 Å². The van der Waals surface area contributed by atoms with Crippen LogP contribution in [0.3, 0.4) is 0 Å². The summed E-state index contributed by atoms with van der Waals surface area (Å²) in [4.78, 5) is 8.52. The number of benzene rings is 1. The topological polar surface area (TPSA) is 75.6 Å². The highest BCUT2D eigenvalue weighted by atomic mass is 35.5. The van der Waals surface area contributed by atoms with Crippen LogP contribution in [0.15, 0.2) is 42.7 Å². The maximum absolute atomic E-state index is 9.50. The fourth-order valence-corrected chi connectivity index (χ4v) is 3.12. The third-order valence-corrected chi connectivity index (χ3v) is 4.26. The van der Waals surface area contributed by atoms with Crippen LogP contribution in [0.1, 0.15) is 11.1 Å². The van der Waals surface area contributed by atoms with Gasteiger partial charge in [0.1, 0.15) is 17.5 Å². The Bertz CT molecular complexity index is 963. The number of rotatable bonds is 2. The molecule has 2 N–H and O–H groups in total. The van der Waals surface area contributed by atoms with E-state index in [9.17, 15) is 5.26 Å². The van der Waals surface area contributed by atoms with Crippen molar-refractivity contribution in [3.8, 4) is 28.5 Å². The molecule has 0 unspecified atom stereocenters. The van der Waals surface area contributed by atoms with Gasteiger partial charge < -0.3 is 5.73 Å². The van der Waals surface area contributed by atoms with E-state index in [2.05, 4.69) is 16.0 Å². The molecule has 0 saturated carbocycles. The second-order valence-corrected chi connectivity index (χ2v) is 6.04. The Kier molecular flexibility index (Phi) is 4.39. The molecule has 24 heavy (non-hydrogen) atoms. The Balaban J connectivity index is 2.35. The minimum atomic E-state index is 0.156. The minimum Gasteiger partial charge on any atom is -0.383 e. The van der Waals surface area contributed by atoms with Crippen molar-refractivity contribution in [3.05, 3.63) is 63.9 Å². The molecule has 0 spiro atoms. The van der Waals surface area contributed by atoms with Crippen LogP contribution < -0.4 is 5.73 Å². The molecule has 3 aromatic rings. The number of hydrogen-bond acceptors (Lipinski definition) is 4. The number of hydrogen-bond donors (Lipinski definition) is 1. The van der Waals surface area contributed by atoms with Gasteiger partial charge in [0.25, 0.3) is 0 Å². The van der Waals surface area contributed by atoms with Gasteiger partial charge in [-0.1, -0.05) is 29.3 Å². The lowest BCUT2D eigenvalue weighted by molar-refractivity contribution is 1.25. The zero-order valence-electron chi connectivity index (χ0n) is 12.7. The quantitative estimate of drug-likeness (QED) is 0.711. The van der Waals surface area contributed by atoms with Crippen LogP contribution in [0.4, 0.5) is 5.82 Å². The molecule has 2 aromatic heterocycles. The summed E-state index contributed by atoms with van der Waals surface area (Å²) in [6, 6.07) is 11.0. The molecule has 0 saturated heterocycles. The van der Waals surface area contributed by atoms with E-state index in [-0.39, 0.29) is 5.82 Å². The van der Waals surface area contributed by atoms with E-state index in [4.69, 9.17) is 28.9 Å². The van der Waals surface area contributed by atoms with Crippen LogP contribution in [-0.4, -0.2) is 9.97 Å². The molecule has 0 aliphatic carbocycles. The zero-order valence-corrected chi connectivity index (χ0v) is 14.2. The van der Waals surface area contributed by atoms with Gasteiger partial charge in [-0.25, -0.2) is 4.98 Å². The smallest absolute Gasteiger partial charge is 0.142 e. The predicted octanol–water partition coefficient (Wildman–Crippen LogP) is 4.88. The first-order valence-electron chi connectivity index (χ1n) is 7.09. The molecular formula is C18H12Cl2N4.